The summed E-state index contributed by atoms with van der Waals surface area (Å²) in [5.41, 5.74) is 1.34. The van der Waals surface area contributed by atoms with Gasteiger partial charge in [0.05, 0.1) is 35.6 Å². The van der Waals surface area contributed by atoms with Crippen LogP contribution in [0.1, 0.15) is 26.2 Å². The molecule has 5 rings (SSSR count). The Bertz CT molecular complexity index is 1010. The normalized spacial score (nSPS) is 28.4. The number of imidazole rings is 1. The zero-order valence-corrected chi connectivity index (χ0v) is 16.0. The molecule has 4 heterocycles. The van der Waals surface area contributed by atoms with Crippen LogP contribution in [0.5, 0.6) is 11.6 Å². The highest BCUT2D eigenvalue weighted by Gasteiger charge is 2.51. The van der Waals surface area contributed by atoms with Gasteiger partial charge in [0, 0.05) is 36.5 Å². The number of rotatable bonds is 4. The highest BCUT2D eigenvalue weighted by molar-refractivity contribution is 5.68. The fraction of sp³-hybridized carbons (Fsp3) is 0.381. The van der Waals surface area contributed by atoms with Crippen molar-refractivity contribution in [1.29, 1.82) is 0 Å². The van der Waals surface area contributed by atoms with Gasteiger partial charge in [0.1, 0.15) is 11.9 Å². The number of ether oxygens (including phenoxy) is 1. The molecule has 1 unspecified atom stereocenters. The fourth-order valence-corrected chi connectivity index (χ4v) is 4.38. The number of alkyl halides is 1. The zero-order valence-electron chi connectivity index (χ0n) is 16.0. The molecular formula is C21H22FN5O2. The molecule has 2 fully saturated rings. The lowest BCUT2D eigenvalue weighted by Crippen LogP contribution is -2.59. The van der Waals surface area contributed by atoms with Gasteiger partial charge in [-0.25, -0.2) is 19.3 Å². The fourth-order valence-electron chi connectivity index (χ4n) is 4.38. The second-order valence-electron chi connectivity index (χ2n) is 8.00. The summed E-state index contributed by atoms with van der Waals surface area (Å²) in [4.78, 5) is 12.7. The maximum absolute atomic E-state index is 14.9. The molecule has 2 aromatic heterocycles. The molecule has 0 saturated carbocycles. The molecule has 2 N–H and O–H groups in total. The van der Waals surface area contributed by atoms with Crippen LogP contribution in [0.25, 0.3) is 16.9 Å². The summed E-state index contributed by atoms with van der Waals surface area (Å²) in [5, 5.41) is 13.8. The third-order valence-electron chi connectivity index (χ3n) is 5.96. The number of hydrogen-bond donors (Lipinski definition) is 2. The Balaban J connectivity index is 1.33. The average Bonchev–Trinajstić information content (AvgIpc) is 3.36. The molecule has 3 aromatic rings. The Kier molecular flexibility index (Phi) is 4.24. The molecule has 0 aliphatic carbocycles. The van der Waals surface area contributed by atoms with E-state index in [1.165, 1.54) is 12.4 Å². The Morgan fingerprint density at radius 1 is 1.31 bits per heavy atom. The molecule has 8 heteroatoms. The minimum atomic E-state index is -1.09. The lowest BCUT2D eigenvalue weighted by molar-refractivity contribution is 0.00840. The Morgan fingerprint density at radius 2 is 2.21 bits per heavy atom. The number of nitrogens with one attached hydrogen (secondary N) is 1. The molecule has 2 aliphatic heterocycles. The number of phenols is 1. The van der Waals surface area contributed by atoms with Crippen molar-refractivity contribution in [2.75, 3.05) is 0 Å². The molecule has 2 aliphatic rings. The maximum Gasteiger partial charge on any atom is 0.232 e. The largest absolute Gasteiger partial charge is 0.507 e. The van der Waals surface area contributed by atoms with Crippen molar-refractivity contribution >= 4 is 0 Å². The summed E-state index contributed by atoms with van der Waals surface area (Å²) in [6.07, 6.45) is 8.93. The van der Waals surface area contributed by atoms with E-state index in [9.17, 15) is 9.50 Å². The molecule has 7 nitrogen and oxygen atoms in total. The van der Waals surface area contributed by atoms with Crippen LogP contribution in [0.4, 0.5) is 4.39 Å². The number of benzene rings is 1. The molecule has 0 spiro atoms. The Labute approximate surface area is 167 Å². The van der Waals surface area contributed by atoms with Gasteiger partial charge >= 0.3 is 0 Å². The second-order valence-corrected chi connectivity index (χ2v) is 8.00. The predicted octanol–water partition coefficient (Wildman–Crippen LogP) is 3.03. The standard InChI is InChI=1S/C21H22FN5O2/c1-21-5-4-13(26-21)8-18(20(21)22)29-19-11-24-16(10-25-19)15-3-2-14(9-17(15)28)27-7-6-23-12-27/h2-3,6-7,9-13,18,20,26,28H,4-5,8H2,1H3/t13?,18-,20-,21+/m1/s1. The first-order valence-corrected chi connectivity index (χ1v) is 9.74. The van der Waals surface area contributed by atoms with Gasteiger partial charge in [-0.3, -0.25) is 0 Å². The summed E-state index contributed by atoms with van der Waals surface area (Å²) in [7, 11) is 0. The first kappa shape index (κ1) is 18.1. The van der Waals surface area contributed by atoms with Crippen LogP contribution in [-0.2, 0) is 0 Å². The first-order valence-electron chi connectivity index (χ1n) is 9.74. The van der Waals surface area contributed by atoms with E-state index in [4.69, 9.17) is 4.74 Å². The van der Waals surface area contributed by atoms with Crippen molar-refractivity contribution in [2.45, 2.75) is 50.0 Å². The van der Waals surface area contributed by atoms with Crippen LogP contribution in [0.2, 0.25) is 0 Å². The van der Waals surface area contributed by atoms with Crippen molar-refractivity contribution in [3.05, 3.63) is 49.3 Å². The van der Waals surface area contributed by atoms with Crippen molar-refractivity contribution in [3.8, 4) is 28.6 Å². The number of aromatic nitrogens is 4. The molecular weight excluding hydrogens is 373 g/mol. The van der Waals surface area contributed by atoms with Gasteiger partial charge in [-0.2, -0.15) is 0 Å². The van der Waals surface area contributed by atoms with E-state index < -0.39 is 17.8 Å². The monoisotopic (exact) mass is 395 g/mol. The summed E-state index contributed by atoms with van der Waals surface area (Å²) >= 11 is 0. The van der Waals surface area contributed by atoms with Crippen molar-refractivity contribution in [2.24, 2.45) is 0 Å². The quantitative estimate of drug-likeness (QED) is 0.706. The average molecular weight is 395 g/mol. The smallest absolute Gasteiger partial charge is 0.232 e. The molecule has 0 radical (unpaired) electrons. The number of phenolic OH excluding ortho intramolecular Hbond substituents is 1. The van der Waals surface area contributed by atoms with Crippen molar-refractivity contribution < 1.29 is 14.2 Å². The minimum absolute atomic E-state index is 0.0887. The van der Waals surface area contributed by atoms with Gasteiger partial charge in [-0.15, -0.1) is 0 Å². The number of nitrogens with zero attached hydrogens (tertiary/aromatic N) is 4. The molecule has 2 saturated heterocycles. The molecule has 1 aromatic carbocycles. The van der Waals surface area contributed by atoms with Crippen molar-refractivity contribution in [3.63, 3.8) is 0 Å². The third-order valence-corrected chi connectivity index (χ3v) is 5.96. The van der Waals surface area contributed by atoms with E-state index in [0.717, 1.165) is 18.5 Å². The lowest BCUT2D eigenvalue weighted by Gasteiger charge is -2.39. The number of hydrogen-bond acceptors (Lipinski definition) is 6. The minimum Gasteiger partial charge on any atom is -0.507 e. The van der Waals surface area contributed by atoms with E-state index in [1.54, 1.807) is 35.4 Å². The van der Waals surface area contributed by atoms with Crippen LogP contribution < -0.4 is 10.1 Å². The Morgan fingerprint density at radius 3 is 2.93 bits per heavy atom. The topological polar surface area (TPSA) is 85.1 Å². The summed E-state index contributed by atoms with van der Waals surface area (Å²) in [6, 6.07) is 5.57. The third kappa shape index (κ3) is 3.23. The molecule has 4 atom stereocenters. The molecule has 29 heavy (non-hydrogen) atoms. The van der Waals surface area contributed by atoms with Gasteiger partial charge < -0.3 is 19.7 Å². The number of aromatic hydroxyl groups is 1. The zero-order chi connectivity index (χ0) is 20.0. The second kappa shape index (κ2) is 6.81. The molecule has 150 valence electrons. The van der Waals surface area contributed by atoms with Crippen LogP contribution in [0, 0.1) is 0 Å². The summed E-state index contributed by atoms with van der Waals surface area (Å²) < 4.78 is 22.5. The molecule has 2 bridgehead atoms. The first-order chi connectivity index (χ1) is 14.0. The SMILES string of the molecule is C[C@]12CCC(C[C@@H](Oc3cnc(-c4ccc(-n5ccnc5)cc4O)cn3)[C@H]1F)N2. The number of halogens is 1. The predicted molar refractivity (Wildman–Crippen MR) is 105 cm³/mol. The van der Waals surface area contributed by atoms with Crippen molar-refractivity contribution in [1.82, 2.24) is 24.8 Å². The van der Waals surface area contributed by atoms with E-state index in [0.29, 0.717) is 23.6 Å². The van der Waals surface area contributed by atoms with Gasteiger partial charge in [-0.1, -0.05) is 0 Å². The lowest BCUT2D eigenvalue weighted by atomic mass is 9.88. The van der Waals surface area contributed by atoms with Gasteiger partial charge in [0.2, 0.25) is 5.88 Å². The summed E-state index contributed by atoms with van der Waals surface area (Å²) in [5.74, 6) is 0.381. The van der Waals surface area contributed by atoms with E-state index in [2.05, 4.69) is 20.3 Å². The summed E-state index contributed by atoms with van der Waals surface area (Å²) in [6.45, 7) is 1.91. The maximum atomic E-state index is 14.9. The van der Waals surface area contributed by atoms with Crippen LogP contribution in [-0.4, -0.2) is 48.5 Å². The van der Waals surface area contributed by atoms with Gasteiger partial charge in [0.25, 0.3) is 0 Å². The van der Waals surface area contributed by atoms with Crippen LogP contribution >= 0.6 is 0 Å². The highest BCUT2D eigenvalue weighted by atomic mass is 19.1. The Hall–Kier alpha value is -3.00. The van der Waals surface area contributed by atoms with Gasteiger partial charge in [-0.05, 0) is 31.9 Å². The van der Waals surface area contributed by atoms with E-state index in [1.807, 2.05) is 13.0 Å². The van der Waals surface area contributed by atoms with Crippen LogP contribution in [0.15, 0.2) is 49.3 Å². The van der Waals surface area contributed by atoms with Gasteiger partial charge in [0.15, 0.2) is 6.17 Å². The van der Waals surface area contributed by atoms with E-state index in [-0.39, 0.29) is 11.8 Å². The number of fused-ring (bicyclic) bond motifs is 2. The number of piperidine rings is 1. The highest BCUT2D eigenvalue weighted by Crippen LogP contribution is 2.39. The van der Waals surface area contributed by atoms with E-state index >= 15 is 0 Å². The molecule has 0 amide bonds. The van der Waals surface area contributed by atoms with Crippen LogP contribution in [0.3, 0.4) is 0 Å².